The normalized spacial score (nSPS) is 12.6. The first-order valence-corrected chi connectivity index (χ1v) is 7.03. The fourth-order valence-corrected chi connectivity index (χ4v) is 2.38. The number of hydrogen-bond donors (Lipinski definition) is 0. The summed E-state index contributed by atoms with van der Waals surface area (Å²) in [7, 11) is -4.40. The Balaban J connectivity index is 3.11. The van der Waals surface area contributed by atoms with E-state index in [0.29, 0.717) is 9.32 Å². The summed E-state index contributed by atoms with van der Waals surface area (Å²) in [5.74, 6) is 0.570. The van der Waals surface area contributed by atoms with Crippen molar-refractivity contribution in [3.8, 4) is 5.75 Å². The Hall–Kier alpha value is -0.340. The Morgan fingerprint density at radius 1 is 1.31 bits per heavy atom. The molecule has 0 aromatic heterocycles. The molecule has 0 aliphatic rings. The standard InChI is InChI=1S/C10H13IO4S/c1-10(2,3)15-9-5-4-7(6-8(9)11)16(12,13)14/h4-6H,1-3H3,(H,12,13,14)/p-1. The van der Waals surface area contributed by atoms with Gasteiger partial charge in [-0.15, -0.1) is 0 Å². The Kier molecular flexibility index (Phi) is 3.86. The van der Waals surface area contributed by atoms with E-state index >= 15 is 0 Å². The van der Waals surface area contributed by atoms with E-state index in [-0.39, 0.29) is 10.5 Å². The van der Waals surface area contributed by atoms with Crippen molar-refractivity contribution in [2.45, 2.75) is 31.3 Å². The maximum atomic E-state index is 10.8. The summed E-state index contributed by atoms with van der Waals surface area (Å²) in [5, 5.41) is 0. The van der Waals surface area contributed by atoms with E-state index in [4.69, 9.17) is 4.74 Å². The molecule has 0 amide bonds. The van der Waals surface area contributed by atoms with Gasteiger partial charge in [0.15, 0.2) is 0 Å². The summed E-state index contributed by atoms with van der Waals surface area (Å²) in [4.78, 5) is -0.238. The molecule has 1 aromatic rings. The number of benzene rings is 1. The zero-order valence-electron chi connectivity index (χ0n) is 9.15. The van der Waals surface area contributed by atoms with E-state index < -0.39 is 10.1 Å². The molecule has 0 aliphatic carbocycles. The van der Waals surface area contributed by atoms with Gasteiger partial charge in [0.1, 0.15) is 21.5 Å². The first-order chi connectivity index (χ1) is 7.09. The van der Waals surface area contributed by atoms with Crippen LogP contribution in [-0.4, -0.2) is 18.6 Å². The fraction of sp³-hybridized carbons (Fsp3) is 0.400. The molecule has 0 bridgehead atoms. The summed E-state index contributed by atoms with van der Waals surface area (Å²) >= 11 is 1.94. The number of hydrogen-bond acceptors (Lipinski definition) is 4. The molecule has 1 aromatic carbocycles. The highest BCUT2D eigenvalue weighted by atomic mass is 127. The van der Waals surface area contributed by atoms with Gasteiger partial charge in [0.2, 0.25) is 0 Å². The first-order valence-electron chi connectivity index (χ1n) is 4.54. The van der Waals surface area contributed by atoms with Gasteiger partial charge < -0.3 is 9.29 Å². The highest BCUT2D eigenvalue weighted by molar-refractivity contribution is 14.1. The lowest BCUT2D eigenvalue weighted by molar-refractivity contribution is 0.129. The summed E-state index contributed by atoms with van der Waals surface area (Å²) in [5.41, 5.74) is -0.363. The lowest BCUT2D eigenvalue weighted by atomic mass is 10.2. The zero-order valence-corrected chi connectivity index (χ0v) is 12.1. The molecule has 90 valence electrons. The monoisotopic (exact) mass is 355 g/mol. The minimum atomic E-state index is -4.40. The van der Waals surface area contributed by atoms with Crippen molar-refractivity contribution in [2.75, 3.05) is 0 Å². The van der Waals surface area contributed by atoms with Gasteiger partial charge in [0.05, 0.1) is 8.47 Å². The predicted octanol–water partition coefficient (Wildman–Crippen LogP) is 2.37. The van der Waals surface area contributed by atoms with E-state index in [1.54, 1.807) is 0 Å². The van der Waals surface area contributed by atoms with Crippen LogP contribution < -0.4 is 4.74 Å². The maximum Gasteiger partial charge on any atom is 0.133 e. The molecule has 0 N–H and O–H groups in total. The summed E-state index contributed by atoms with van der Waals surface area (Å²) in [6, 6.07) is 4.06. The van der Waals surface area contributed by atoms with Crippen LogP contribution in [0.1, 0.15) is 20.8 Å². The van der Waals surface area contributed by atoms with Crippen LogP contribution >= 0.6 is 22.6 Å². The van der Waals surface area contributed by atoms with Gasteiger partial charge in [0.25, 0.3) is 0 Å². The second-order valence-electron chi connectivity index (χ2n) is 4.26. The fourth-order valence-electron chi connectivity index (χ4n) is 1.05. The highest BCUT2D eigenvalue weighted by Crippen LogP contribution is 2.27. The van der Waals surface area contributed by atoms with Crippen molar-refractivity contribution in [1.29, 1.82) is 0 Å². The highest BCUT2D eigenvalue weighted by Gasteiger charge is 2.14. The molecule has 0 unspecified atom stereocenters. The molecule has 0 radical (unpaired) electrons. The Morgan fingerprint density at radius 2 is 1.88 bits per heavy atom. The van der Waals surface area contributed by atoms with E-state index in [0.717, 1.165) is 0 Å². The van der Waals surface area contributed by atoms with Crippen LogP contribution in [-0.2, 0) is 10.1 Å². The largest absolute Gasteiger partial charge is 0.744 e. The van der Waals surface area contributed by atoms with Gasteiger partial charge in [-0.05, 0) is 61.6 Å². The number of ether oxygens (including phenoxy) is 1. The average molecular weight is 355 g/mol. The van der Waals surface area contributed by atoms with Crippen LogP contribution in [0.4, 0.5) is 0 Å². The molecule has 0 saturated carbocycles. The minimum Gasteiger partial charge on any atom is -0.744 e. The SMILES string of the molecule is CC(C)(C)Oc1ccc(S(=O)(=O)[O-])cc1I. The second kappa shape index (κ2) is 4.50. The molecule has 0 heterocycles. The summed E-state index contributed by atoms with van der Waals surface area (Å²) < 4.78 is 38.5. The Morgan fingerprint density at radius 3 is 2.25 bits per heavy atom. The van der Waals surface area contributed by atoms with Crippen molar-refractivity contribution in [3.05, 3.63) is 21.8 Å². The third-order valence-corrected chi connectivity index (χ3v) is 3.28. The molecule has 0 spiro atoms. The molecule has 0 fully saturated rings. The average Bonchev–Trinajstić information content (AvgIpc) is 2.04. The molecule has 6 heteroatoms. The lowest BCUT2D eigenvalue weighted by Crippen LogP contribution is -2.23. The van der Waals surface area contributed by atoms with Gasteiger partial charge in [-0.3, -0.25) is 0 Å². The van der Waals surface area contributed by atoms with Crippen molar-refractivity contribution >= 4 is 32.7 Å². The third kappa shape index (κ3) is 3.91. The minimum absolute atomic E-state index is 0.238. The van der Waals surface area contributed by atoms with E-state index in [2.05, 4.69) is 0 Å². The molecule has 0 atom stereocenters. The van der Waals surface area contributed by atoms with Crippen molar-refractivity contribution in [1.82, 2.24) is 0 Å². The van der Waals surface area contributed by atoms with E-state index in [1.165, 1.54) is 18.2 Å². The van der Waals surface area contributed by atoms with Crippen LogP contribution in [0, 0.1) is 3.57 Å². The van der Waals surface area contributed by atoms with E-state index in [9.17, 15) is 13.0 Å². The van der Waals surface area contributed by atoms with Crippen LogP contribution in [0.5, 0.6) is 5.75 Å². The van der Waals surface area contributed by atoms with Gasteiger partial charge >= 0.3 is 0 Å². The molecule has 4 nitrogen and oxygen atoms in total. The van der Waals surface area contributed by atoms with E-state index in [1.807, 2.05) is 43.4 Å². The predicted molar refractivity (Wildman–Crippen MR) is 67.5 cm³/mol. The Labute approximate surface area is 109 Å². The number of rotatable bonds is 2. The smallest absolute Gasteiger partial charge is 0.133 e. The summed E-state index contributed by atoms with van der Waals surface area (Å²) in [6.45, 7) is 5.67. The molecular formula is C10H12IO4S-. The lowest BCUT2D eigenvalue weighted by Gasteiger charge is -2.22. The van der Waals surface area contributed by atoms with Gasteiger partial charge in [-0.25, -0.2) is 8.42 Å². The number of halogens is 1. The van der Waals surface area contributed by atoms with Crippen LogP contribution in [0.15, 0.2) is 23.1 Å². The van der Waals surface area contributed by atoms with Crippen LogP contribution in [0.3, 0.4) is 0 Å². The second-order valence-corrected chi connectivity index (χ2v) is 6.80. The first kappa shape index (κ1) is 13.7. The van der Waals surface area contributed by atoms with Crippen molar-refractivity contribution < 1.29 is 17.7 Å². The van der Waals surface area contributed by atoms with Crippen LogP contribution in [0.2, 0.25) is 0 Å². The zero-order chi connectivity index (χ0) is 12.6. The summed E-state index contributed by atoms with van der Waals surface area (Å²) in [6.07, 6.45) is 0. The molecule has 0 aliphatic heterocycles. The van der Waals surface area contributed by atoms with Gasteiger partial charge in [-0.1, -0.05) is 0 Å². The molecule has 1 rings (SSSR count). The Bertz CT molecular complexity index is 488. The van der Waals surface area contributed by atoms with Crippen molar-refractivity contribution in [3.63, 3.8) is 0 Å². The quantitative estimate of drug-likeness (QED) is 0.604. The molecule has 16 heavy (non-hydrogen) atoms. The van der Waals surface area contributed by atoms with Gasteiger partial charge in [0, 0.05) is 0 Å². The van der Waals surface area contributed by atoms with Gasteiger partial charge in [-0.2, -0.15) is 0 Å². The van der Waals surface area contributed by atoms with Crippen LogP contribution in [0.25, 0.3) is 0 Å². The molecular weight excluding hydrogens is 343 g/mol. The molecule has 0 saturated heterocycles. The third-order valence-electron chi connectivity index (χ3n) is 1.61. The topological polar surface area (TPSA) is 66.4 Å². The van der Waals surface area contributed by atoms with Crippen molar-refractivity contribution in [2.24, 2.45) is 0 Å². The maximum absolute atomic E-state index is 10.8.